The number of hydrogen-bond acceptors (Lipinski definition) is 3. The van der Waals surface area contributed by atoms with Gasteiger partial charge in [-0.05, 0) is 6.92 Å². The van der Waals surface area contributed by atoms with Crippen molar-refractivity contribution in [2.75, 3.05) is 6.54 Å². The van der Waals surface area contributed by atoms with Gasteiger partial charge >= 0.3 is 5.97 Å². The van der Waals surface area contributed by atoms with Crippen molar-refractivity contribution in [2.45, 2.75) is 26.5 Å². The summed E-state index contributed by atoms with van der Waals surface area (Å²) >= 11 is 0. The Labute approximate surface area is 65.1 Å². The number of hydrogen-bond donors (Lipinski definition) is 0. The van der Waals surface area contributed by atoms with Crippen molar-refractivity contribution < 1.29 is 14.3 Å². The Hall–Kier alpha value is -1.06. The molecule has 1 aliphatic rings. The average molecular weight is 157 g/mol. The molecule has 0 N–H and O–H groups in total. The van der Waals surface area contributed by atoms with Crippen LogP contribution in [0.1, 0.15) is 20.3 Å². The molecule has 11 heavy (non-hydrogen) atoms. The standard InChI is InChI=1S/C7H11NO3/c1-5(11-6(2)9)8-4-3-7(8)10/h5H,3-4H2,1-2H3. The Bertz CT molecular complexity index is 190. The minimum atomic E-state index is -0.395. The van der Waals surface area contributed by atoms with Crippen LogP contribution in [0.25, 0.3) is 0 Å². The molecule has 1 atom stereocenters. The Morgan fingerprint density at radius 3 is 2.64 bits per heavy atom. The lowest BCUT2D eigenvalue weighted by molar-refractivity contribution is -0.168. The summed E-state index contributed by atoms with van der Waals surface area (Å²) in [4.78, 5) is 22.8. The van der Waals surface area contributed by atoms with Gasteiger partial charge in [0.05, 0.1) is 0 Å². The second-order valence-corrected chi connectivity index (χ2v) is 2.55. The van der Waals surface area contributed by atoms with Crippen LogP contribution in [0.15, 0.2) is 0 Å². The van der Waals surface area contributed by atoms with E-state index in [1.807, 2.05) is 0 Å². The van der Waals surface area contributed by atoms with E-state index in [-0.39, 0.29) is 11.9 Å². The summed E-state index contributed by atoms with van der Waals surface area (Å²) in [6, 6.07) is 0. The van der Waals surface area contributed by atoms with Gasteiger partial charge in [0.2, 0.25) is 5.91 Å². The smallest absolute Gasteiger partial charge is 0.304 e. The van der Waals surface area contributed by atoms with Gasteiger partial charge in [-0.2, -0.15) is 0 Å². The lowest BCUT2D eigenvalue weighted by atomic mass is 10.2. The molecule has 4 nitrogen and oxygen atoms in total. The third kappa shape index (κ3) is 1.69. The maximum atomic E-state index is 10.8. The van der Waals surface area contributed by atoms with Gasteiger partial charge in [-0.3, -0.25) is 9.59 Å². The van der Waals surface area contributed by atoms with E-state index in [1.54, 1.807) is 6.92 Å². The molecular weight excluding hydrogens is 146 g/mol. The summed E-state index contributed by atoms with van der Waals surface area (Å²) in [6.07, 6.45) is 0.180. The molecule has 1 heterocycles. The first-order valence-electron chi connectivity index (χ1n) is 3.58. The molecule has 1 rings (SSSR count). The maximum absolute atomic E-state index is 10.8. The summed E-state index contributed by atoms with van der Waals surface area (Å²) in [5.41, 5.74) is 0. The van der Waals surface area contributed by atoms with E-state index < -0.39 is 6.23 Å². The first-order chi connectivity index (χ1) is 5.11. The number of β-lactam (4-membered cyclic amide) rings is 1. The summed E-state index contributed by atoms with van der Waals surface area (Å²) in [6.45, 7) is 3.73. The molecule has 62 valence electrons. The molecule has 1 fully saturated rings. The van der Waals surface area contributed by atoms with Crippen LogP contribution in [0.3, 0.4) is 0 Å². The van der Waals surface area contributed by atoms with Crippen LogP contribution >= 0.6 is 0 Å². The van der Waals surface area contributed by atoms with Crippen LogP contribution in [0.4, 0.5) is 0 Å². The van der Waals surface area contributed by atoms with Crippen molar-refractivity contribution in [1.82, 2.24) is 4.90 Å². The highest BCUT2D eigenvalue weighted by Crippen LogP contribution is 2.13. The van der Waals surface area contributed by atoms with Crippen molar-refractivity contribution >= 4 is 11.9 Å². The number of carbonyl (C=O) groups is 2. The molecule has 0 aliphatic carbocycles. The van der Waals surface area contributed by atoms with Crippen molar-refractivity contribution in [1.29, 1.82) is 0 Å². The molecule has 1 amide bonds. The first kappa shape index (κ1) is 8.04. The first-order valence-corrected chi connectivity index (χ1v) is 3.58. The van der Waals surface area contributed by atoms with Gasteiger partial charge < -0.3 is 9.64 Å². The van der Waals surface area contributed by atoms with Crippen molar-refractivity contribution in [3.8, 4) is 0 Å². The summed E-state index contributed by atoms with van der Waals surface area (Å²) in [7, 11) is 0. The number of amides is 1. The average Bonchev–Trinajstić information content (AvgIpc) is 1.82. The molecule has 0 aromatic carbocycles. The fourth-order valence-electron chi connectivity index (χ4n) is 1.02. The van der Waals surface area contributed by atoms with Gasteiger partial charge in [0.1, 0.15) is 0 Å². The van der Waals surface area contributed by atoms with Crippen LogP contribution in [0.2, 0.25) is 0 Å². The summed E-state index contributed by atoms with van der Waals surface area (Å²) < 4.78 is 4.79. The summed E-state index contributed by atoms with van der Waals surface area (Å²) in [5, 5.41) is 0. The van der Waals surface area contributed by atoms with Crippen molar-refractivity contribution in [3.05, 3.63) is 0 Å². The highest BCUT2D eigenvalue weighted by Gasteiger charge is 2.29. The number of likely N-dealkylation sites (tertiary alicyclic amines) is 1. The van der Waals surface area contributed by atoms with E-state index in [0.717, 1.165) is 0 Å². The van der Waals surface area contributed by atoms with Crippen LogP contribution in [-0.4, -0.2) is 29.5 Å². The van der Waals surface area contributed by atoms with E-state index in [9.17, 15) is 9.59 Å². The number of carbonyl (C=O) groups excluding carboxylic acids is 2. The molecule has 1 unspecified atom stereocenters. The number of nitrogens with zero attached hydrogens (tertiary/aromatic N) is 1. The van der Waals surface area contributed by atoms with E-state index in [0.29, 0.717) is 13.0 Å². The topological polar surface area (TPSA) is 46.6 Å². The molecule has 0 aromatic heterocycles. The minimum Gasteiger partial charge on any atom is -0.442 e. The molecular formula is C7H11NO3. The molecule has 4 heteroatoms. The zero-order valence-corrected chi connectivity index (χ0v) is 6.66. The number of rotatable bonds is 2. The second kappa shape index (κ2) is 2.90. The number of esters is 1. The lowest BCUT2D eigenvalue weighted by Gasteiger charge is -2.35. The molecule has 0 bridgehead atoms. The van der Waals surface area contributed by atoms with Gasteiger partial charge in [-0.1, -0.05) is 0 Å². The zero-order chi connectivity index (χ0) is 8.43. The predicted molar refractivity (Wildman–Crippen MR) is 37.6 cm³/mol. The van der Waals surface area contributed by atoms with E-state index in [1.165, 1.54) is 11.8 Å². The van der Waals surface area contributed by atoms with Gasteiger partial charge in [0.15, 0.2) is 6.23 Å². The lowest BCUT2D eigenvalue weighted by Crippen LogP contribution is -2.50. The Morgan fingerprint density at radius 2 is 2.36 bits per heavy atom. The van der Waals surface area contributed by atoms with Crippen molar-refractivity contribution in [3.63, 3.8) is 0 Å². The van der Waals surface area contributed by atoms with Crippen LogP contribution in [0.5, 0.6) is 0 Å². The summed E-state index contributed by atoms with van der Waals surface area (Å²) in [5.74, 6) is -0.295. The fourth-order valence-corrected chi connectivity index (χ4v) is 1.02. The van der Waals surface area contributed by atoms with Gasteiger partial charge in [0, 0.05) is 19.9 Å². The Morgan fingerprint density at radius 1 is 1.73 bits per heavy atom. The predicted octanol–water partition coefficient (Wildman–Crippen LogP) is 0.128. The van der Waals surface area contributed by atoms with Crippen LogP contribution < -0.4 is 0 Å². The van der Waals surface area contributed by atoms with Crippen molar-refractivity contribution in [2.24, 2.45) is 0 Å². The molecule has 1 saturated heterocycles. The minimum absolute atomic E-state index is 0.0544. The van der Waals surface area contributed by atoms with Gasteiger partial charge in [-0.25, -0.2) is 0 Å². The third-order valence-corrected chi connectivity index (χ3v) is 1.66. The largest absolute Gasteiger partial charge is 0.442 e. The second-order valence-electron chi connectivity index (χ2n) is 2.55. The Kier molecular flexibility index (Phi) is 2.12. The van der Waals surface area contributed by atoms with Crippen LogP contribution in [0, 0.1) is 0 Å². The zero-order valence-electron chi connectivity index (χ0n) is 6.66. The number of ether oxygens (including phenoxy) is 1. The highest BCUT2D eigenvalue weighted by molar-refractivity contribution is 5.82. The van der Waals surface area contributed by atoms with Gasteiger partial charge in [0.25, 0.3) is 0 Å². The molecule has 0 spiro atoms. The SMILES string of the molecule is CC(=O)OC(C)N1CCC1=O. The fraction of sp³-hybridized carbons (Fsp3) is 0.714. The highest BCUT2D eigenvalue weighted by atomic mass is 16.6. The molecule has 0 saturated carbocycles. The quantitative estimate of drug-likeness (QED) is 0.422. The molecule has 0 radical (unpaired) electrons. The Balaban J connectivity index is 2.35. The normalized spacial score (nSPS) is 19.1. The van der Waals surface area contributed by atoms with Gasteiger partial charge in [-0.15, -0.1) is 0 Å². The van der Waals surface area contributed by atoms with Crippen LogP contribution in [-0.2, 0) is 14.3 Å². The van der Waals surface area contributed by atoms with E-state index in [4.69, 9.17) is 4.74 Å². The third-order valence-electron chi connectivity index (χ3n) is 1.66. The molecule has 1 aliphatic heterocycles. The maximum Gasteiger partial charge on any atom is 0.304 e. The van der Waals surface area contributed by atoms with E-state index in [2.05, 4.69) is 0 Å². The van der Waals surface area contributed by atoms with E-state index >= 15 is 0 Å². The molecule has 0 aromatic rings. The monoisotopic (exact) mass is 157 g/mol.